The van der Waals surface area contributed by atoms with Crippen molar-refractivity contribution < 1.29 is 47.7 Å². The third-order valence-electron chi connectivity index (χ3n) is 10.9. The molecule has 16 nitrogen and oxygen atoms in total. The first kappa shape index (κ1) is 56.9. The van der Waals surface area contributed by atoms with E-state index in [1.54, 1.807) is 45.0 Å². The van der Waals surface area contributed by atoms with E-state index in [9.17, 15) is 30.1 Å². The number of amides is 3. The Bertz CT molecular complexity index is 1990. The van der Waals surface area contributed by atoms with Crippen LogP contribution in [-0.2, 0) is 45.6 Å². The highest BCUT2D eigenvalue weighted by Gasteiger charge is 2.49. The third-order valence-corrected chi connectivity index (χ3v) is 22.8. The van der Waals surface area contributed by atoms with Crippen LogP contribution < -0.4 is 16.0 Å². The first-order valence-corrected chi connectivity index (χ1v) is 29.6. The number of phenolic OH excluding ortho intramolecular Hbond substituents is 2. The number of azide groups is 1. The van der Waals surface area contributed by atoms with Crippen LogP contribution in [0.5, 0.6) is 11.5 Å². The molecule has 0 spiro atoms. The summed E-state index contributed by atoms with van der Waals surface area (Å²) in [5, 5.41) is 32.3. The average molecular weight is 1270 g/mol. The van der Waals surface area contributed by atoms with E-state index in [-0.39, 0.29) is 35.9 Å². The van der Waals surface area contributed by atoms with Crippen molar-refractivity contribution >= 4 is 118 Å². The lowest BCUT2D eigenvalue weighted by atomic mass is 10.0. The molecule has 63 heavy (non-hydrogen) atoms. The molecule has 0 saturated carbocycles. The highest BCUT2D eigenvalue weighted by atomic mass is 127. The van der Waals surface area contributed by atoms with Gasteiger partial charge in [-0.25, -0.2) is 9.59 Å². The minimum atomic E-state index is -2.93. The predicted molar refractivity (Wildman–Crippen MR) is 272 cm³/mol. The number of benzene rings is 2. The molecule has 0 aliphatic heterocycles. The van der Waals surface area contributed by atoms with Crippen molar-refractivity contribution in [2.45, 2.75) is 147 Å². The Hall–Kier alpha value is -2.20. The van der Waals surface area contributed by atoms with Crippen molar-refractivity contribution in [1.82, 2.24) is 16.0 Å². The van der Waals surface area contributed by atoms with Crippen LogP contribution >= 0.6 is 77.0 Å². The average Bonchev–Trinajstić information content (AvgIpc) is 3.13. The highest BCUT2D eigenvalue weighted by Crippen LogP contribution is 2.41. The zero-order valence-electron chi connectivity index (χ0n) is 38.3. The number of hydrogen-bond donors (Lipinski definition) is 5. The monoisotopic (exact) mass is 1270 g/mol. The summed E-state index contributed by atoms with van der Waals surface area (Å²) in [5.74, 6) is -2.50. The standard InChI is InChI=1S/C41H62Br2I2N6O10Si2/c1-39(2,3)59-38(57)49-28(19-23-17-26(44)33(53)27(45)18-23)35(54)50-31(36(55)48-29(37(56)58-10)20-22-15-24(42)32(52)25(43)16-22)34(61-63(13,14)41(7,8)9)30(21-47-51-46)60-62(11,12)40(4,5)6/h15-18,28-31,34,52-53H,19-21H2,1-14H3,(H,48,55)(H,49,57)(H,50,54)/t28-,29-,30-,31-,34-/m0/s1. The van der Waals surface area contributed by atoms with E-state index in [1.807, 2.05) is 113 Å². The third kappa shape index (κ3) is 16.9. The first-order chi connectivity index (χ1) is 28.6. The number of methoxy groups -OCH3 is 1. The van der Waals surface area contributed by atoms with Crippen LogP contribution in [0.4, 0.5) is 4.79 Å². The number of aromatic hydroxyl groups is 2. The van der Waals surface area contributed by atoms with Gasteiger partial charge in [-0.1, -0.05) is 46.7 Å². The van der Waals surface area contributed by atoms with Gasteiger partial charge in [0, 0.05) is 17.8 Å². The van der Waals surface area contributed by atoms with E-state index >= 15 is 4.79 Å². The molecule has 0 saturated heterocycles. The molecule has 22 heteroatoms. The fourth-order valence-electron chi connectivity index (χ4n) is 5.51. The Balaban J connectivity index is 2.99. The number of carbonyl (C=O) groups is 4. The van der Waals surface area contributed by atoms with Gasteiger partial charge in [0.2, 0.25) is 11.8 Å². The Morgan fingerprint density at radius 1 is 0.762 bits per heavy atom. The normalized spacial score (nSPS) is 14.9. The van der Waals surface area contributed by atoms with Crippen molar-refractivity contribution in [2.75, 3.05) is 13.7 Å². The number of halogens is 4. The molecule has 0 aromatic heterocycles. The molecular weight excluding hydrogens is 1210 g/mol. The second-order valence-electron chi connectivity index (χ2n) is 19.2. The molecule has 2 aromatic rings. The summed E-state index contributed by atoms with van der Waals surface area (Å²) in [5.41, 5.74) is 9.81. The number of carbonyl (C=O) groups excluding carboxylic acids is 4. The number of phenols is 2. The van der Waals surface area contributed by atoms with Gasteiger partial charge in [0.05, 0.1) is 41.9 Å². The van der Waals surface area contributed by atoms with Crippen molar-refractivity contribution in [3.63, 3.8) is 0 Å². The minimum absolute atomic E-state index is 0.0587. The lowest BCUT2D eigenvalue weighted by molar-refractivity contribution is -0.146. The van der Waals surface area contributed by atoms with Crippen LogP contribution in [0.2, 0.25) is 36.3 Å². The van der Waals surface area contributed by atoms with Crippen LogP contribution in [0.3, 0.4) is 0 Å². The van der Waals surface area contributed by atoms with E-state index < -0.39 is 81.5 Å². The van der Waals surface area contributed by atoms with Gasteiger partial charge in [0.1, 0.15) is 35.2 Å². The van der Waals surface area contributed by atoms with Crippen molar-refractivity contribution in [2.24, 2.45) is 5.11 Å². The van der Waals surface area contributed by atoms with Crippen LogP contribution in [0.1, 0.15) is 73.4 Å². The molecule has 0 aliphatic rings. The summed E-state index contributed by atoms with van der Waals surface area (Å²) in [7, 11) is -4.52. The lowest BCUT2D eigenvalue weighted by Gasteiger charge is -2.46. The van der Waals surface area contributed by atoms with Gasteiger partial charge in [-0.15, -0.1) is 0 Å². The fraction of sp³-hybridized carbons (Fsp3) is 0.610. The minimum Gasteiger partial charge on any atom is -0.506 e. The Morgan fingerprint density at radius 3 is 1.70 bits per heavy atom. The molecule has 0 radical (unpaired) electrons. The van der Waals surface area contributed by atoms with Gasteiger partial charge >= 0.3 is 12.1 Å². The maximum Gasteiger partial charge on any atom is 0.408 e. The molecule has 5 atom stereocenters. The number of nitrogens with one attached hydrogen (secondary N) is 3. The zero-order valence-corrected chi connectivity index (χ0v) is 47.8. The maximum absolute atomic E-state index is 15.2. The molecule has 0 heterocycles. The molecule has 5 N–H and O–H groups in total. The van der Waals surface area contributed by atoms with Crippen LogP contribution in [0.15, 0.2) is 38.3 Å². The maximum atomic E-state index is 15.2. The van der Waals surface area contributed by atoms with E-state index in [0.717, 1.165) is 0 Å². The Morgan fingerprint density at radius 2 is 1.24 bits per heavy atom. The largest absolute Gasteiger partial charge is 0.506 e. The zero-order chi connectivity index (χ0) is 48.6. The van der Waals surface area contributed by atoms with Crippen molar-refractivity contribution in [3.05, 3.63) is 61.9 Å². The smallest absolute Gasteiger partial charge is 0.408 e. The summed E-state index contributed by atoms with van der Waals surface area (Å²) < 4.78 is 26.5. The molecule has 2 aromatic carbocycles. The van der Waals surface area contributed by atoms with Crippen LogP contribution in [0, 0.1) is 7.14 Å². The second-order valence-corrected chi connectivity index (χ2v) is 32.7. The molecule has 0 fully saturated rings. The number of nitrogens with zero attached hydrogens (tertiary/aromatic N) is 3. The number of ether oxygens (including phenoxy) is 2. The topological polar surface area (TPSA) is 231 Å². The van der Waals surface area contributed by atoms with Crippen LogP contribution in [0.25, 0.3) is 10.4 Å². The Kier molecular flexibility index (Phi) is 20.8. The molecule has 3 amide bonds. The van der Waals surface area contributed by atoms with Gasteiger partial charge in [0.25, 0.3) is 0 Å². The predicted octanol–water partition coefficient (Wildman–Crippen LogP) is 9.74. The molecule has 352 valence electrons. The number of hydrogen-bond acceptors (Lipinski definition) is 11. The molecular formula is C41H62Br2I2N6O10Si2. The van der Waals surface area contributed by atoms with Crippen LogP contribution in [-0.4, -0.2) is 100 Å². The van der Waals surface area contributed by atoms with Crippen molar-refractivity contribution in [1.29, 1.82) is 0 Å². The van der Waals surface area contributed by atoms with E-state index in [0.29, 0.717) is 27.2 Å². The quantitative estimate of drug-likeness (QED) is 0.0237. The lowest BCUT2D eigenvalue weighted by Crippen LogP contribution is -2.66. The van der Waals surface area contributed by atoms with Crippen molar-refractivity contribution in [3.8, 4) is 11.5 Å². The van der Waals surface area contributed by atoms with E-state index in [1.165, 1.54) is 7.11 Å². The van der Waals surface area contributed by atoms with Gasteiger partial charge in [-0.3, -0.25) is 9.59 Å². The SMILES string of the molecule is COC(=O)[C@H](Cc1cc(Br)c(O)c(Br)c1)NC(=O)[C@@H](NC(=O)[C@H](Cc1cc(I)c(O)c(I)c1)NC(=O)OC(C)(C)C)[C@@H](O[Si](C)(C)C(C)(C)C)[C@H](CN=[N+]=[N-])O[Si](C)(C)C(C)(C)C. The summed E-state index contributed by atoms with van der Waals surface area (Å²) in [6.45, 7) is 24.7. The number of alkyl carbamates (subject to hydrolysis) is 1. The fourth-order valence-corrected chi connectivity index (χ4v) is 11.3. The molecule has 2 rings (SSSR count). The summed E-state index contributed by atoms with van der Waals surface area (Å²) in [4.78, 5) is 60.0. The number of esters is 1. The molecule has 0 unspecified atom stereocenters. The molecule has 0 bridgehead atoms. The van der Waals surface area contributed by atoms with E-state index in [2.05, 4.69) is 57.8 Å². The van der Waals surface area contributed by atoms with Gasteiger partial charge in [-0.2, -0.15) is 0 Å². The first-order valence-electron chi connectivity index (χ1n) is 20.0. The Labute approximate surface area is 417 Å². The second kappa shape index (κ2) is 23.0. The molecule has 0 aliphatic carbocycles. The van der Waals surface area contributed by atoms with Gasteiger partial charge < -0.3 is 44.5 Å². The summed E-state index contributed by atoms with van der Waals surface area (Å²) in [6.07, 6.45) is -3.54. The van der Waals surface area contributed by atoms with Gasteiger partial charge in [0.15, 0.2) is 16.6 Å². The number of rotatable bonds is 18. The van der Waals surface area contributed by atoms with Gasteiger partial charge in [-0.05, 0) is 175 Å². The summed E-state index contributed by atoms with van der Waals surface area (Å²) >= 11 is 10.6. The highest BCUT2D eigenvalue weighted by molar-refractivity contribution is 14.1. The van der Waals surface area contributed by atoms with E-state index in [4.69, 9.17) is 18.3 Å². The summed E-state index contributed by atoms with van der Waals surface area (Å²) in [6, 6.07) is 2.19.